The number of carbonyl (C=O) groups excluding carboxylic acids is 1. The van der Waals surface area contributed by atoms with Crippen molar-refractivity contribution in [2.24, 2.45) is 0 Å². The Morgan fingerprint density at radius 3 is 2.84 bits per heavy atom. The van der Waals surface area contributed by atoms with E-state index in [0.717, 1.165) is 13.1 Å². The number of hydrogen-bond donors (Lipinski definition) is 1. The predicted molar refractivity (Wildman–Crippen MR) is 70.1 cm³/mol. The first-order valence-electron chi connectivity index (χ1n) is 6.67. The van der Waals surface area contributed by atoms with E-state index in [2.05, 4.69) is 20.2 Å². The summed E-state index contributed by atoms with van der Waals surface area (Å²) in [6, 6.07) is 1.20. The minimum absolute atomic E-state index is 0.383. The maximum Gasteiger partial charge on any atom is 0.343 e. The van der Waals surface area contributed by atoms with Crippen LogP contribution in [-0.2, 0) is 4.74 Å². The van der Waals surface area contributed by atoms with Crippen LogP contribution < -0.4 is 10.2 Å². The molecule has 1 N–H and O–H groups in total. The Morgan fingerprint density at radius 1 is 1.42 bits per heavy atom. The maximum absolute atomic E-state index is 11.6. The zero-order valence-corrected chi connectivity index (χ0v) is 11.0. The standard InChI is InChI=1S/C13H18N4O2/c1-19-13(18)11-5-14-8-15-12(11)17-6-10(7-17)16-9-3-2-4-9/h5,8-10,16H,2-4,6-7H2,1H3. The van der Waals surface area contributed by atoms with E-state index in [0.29, 0.717) is 23.5 Å². The van der Waals surface area contributed by atoms with Gasteiger partial charge in [-0.25, -0.2) is 14.8 Å². The topological polar surface area (TPSA) is 67.3 Å². The van der Waals surface area contributed by atoms with Crippen LogP contribution in [0.15, 0.2) is 12.5 Å². The third kappa shape index (κ3) is 2.40. The summed E-state index contributed by atoms with van der Waals surface area (Å²) >= 11 is 0. The second kappa shape index (κ2) is 5.13. The number of ether oxygens (including phenoxy) is 1. The molecule has 6 heteroatoms. The Morgan fingerprint density at radius 2 is 2.21 bits per heavy atom. The molecule has 2 heterocycles. The van der Waals surface area contributed by atoms with Crippen molar-refractivity contribution in [3.63, 3.8) is 0 Å². The molecule has 1 saturated carbocycles. The van der Waals surface area contributed by atoms with E-state index in [1.807, 2.05) is 0 Å². The highest BCUT2D eigenvalue weighted by Crippen LogP contribution is 2.25. The highest BCUT2D eigenvalue weighted by atomic mass is 16.5. The molecule has 1 saturated heterocycles. The number of hydrogen-bond acceptors (Lipinski definition) is 6. The van der Waals surface area contributed by atoms with Gasteiger partial charge in [-0.3, -0.25) is 0 Å². The van der Waals surface area contributed by atoms with Crippen molar-refractivity contribution in [2.45, 2.75) is 31.3 Å². The van der Waals surface area contributed by atoms with Crippen LogP contribution in [0.4, 0.5) is 5.82 Å². The van der Waals surface area contributed by atoms with E-state index in [9.17, 15) is 4.79 Å². The lowest BCUT2D eigenvalue weighted by Crippen LogP contribution is -2.61. The molecule has 1 aliphatic carbocycles. The fourth-order valence-corrected chi connectivity index (χ4v) is 2.49. The molecule has 3 rings (SSSR count). The lowest BCUT2D eigenvalue weighted by molar-refractivity contribution is 0.0600. The number of rotatable bonds is 4. The second-order valence-electron chi connectivity index (χ2n) is 5.15. The normalized spacial score (nSPS) is 19.7. The van der Waals surface area contributed by atoms with Crippen LogP contribution in [0.2, 0.25) is 0 Å². The van der Waals surface area contributed by atoms with Crippen LogP contribution in [0.3, 0.4) is 0 Å². The summed E-state index contributed by atoms with van der Waals surface area (Å²) in [5.74, 6) is 0.291. The lowest BCUT2D eigenvalue weighted by Gasteiger charge is -2.44. The Balaban J connectivity index is 1.62. The number of anilines is 1. The van der Waals surface area contributed by atoms with Gasteiger partial charge in [-0.2, -0.15) is 0 Å². The number of nitrogens with one attached hydrogen (secondary N) is 1. The minimum atomic E-state index is -0.383. The van der Waals surface area contributed by atoms with Gasteiger partial charge in [0.1, 0.15) is 17.7 Å². The largest absolute Gasteiger partial charge is 0.465 e. The van der Waals surface area contributed by atoms with Crippen LogP contribution in [0.25, 0.3) is 0 Å². The van der Waals surface area contributed by atoms with Crippen molar-refractivity contribution >= 4 is 11.8 Å². The molecule has 0 spiro atoms. The molecule has 2 aliphatic rings. The van der Waals surface area contributed by atoms with Crippen molar-refractivity contribution in [3.8, 4) is 0 Å². The molecule has 2 fully saturated rings. The number of methoxy groups -OCH3 is 1. The number of carbonyl (C=O) groups is 1. The third-order valence-electron chi connectivity index (χ3n) is 3.85. The van der Waals surface area contributed by atoms with Gasteiger partial charge in [-0.15, -0.1) is 0 Å². The molecule has 0 atom stereocenters. The molecule has 0 bridgehead atoms. The molecule has 0 radical (unpaired) electrons. The molecular formula is C13H18N4O2. The fraction of sp³-hybridized carbons (Fsp3) is 0.615. The zero-order valence-electron chi connectivity index (χ0n) is 11.0. The van der Waals surface area contributed by atoms with Gasteiger partial charge in [-0.1, -0.05) is 6.42 Å². The van der Waals surface area contributed by atoms with Gasteiger partial charge in [0.15, 0.2) is 0 Å². The molecular weight excluding hydrogens is 244 g/mol. The summed E-state index contributed by atoms with van der Waals surface area (Å²) in [7, 11) is 1.37. The third-order valence-corrected chi connectivity index (χ3v) is 3.85. The Labute approximate surface area is 112 Å². The van der Waals surface area contributed by atoms with Gasteiger partial charge in [0, 0.05) is 31.4 Å². The van der Waals surface area contributed by atoms with E-state index < -0.39 is 0 Å². The molecule has 1 aromatic heterocycles. The van der Waals surface area contributed by atoms with Crippen molar-refractivity contribution in [1.82, 2.24) is 15.3 Å². The van der Waals surface area contributed by atoms with Gasteiger partial charge >= 0.3 is 5.97 Å². The first kappa shape index (κ1) is 12.3. The van der Waals surface area contributed by atoms with Crippen LogP contribution in [0.1, 0.15) is 29.6 Å². The summed E-state index contributed by atoms with van der Waals surface area (Å²) in [6.07, 6.45) is 6.90. The molecule has 1 aliphatic heterocycles. The van der Waals surface area contributed by atoms with Gasteiger partial charge in [0.2, 0.25) is 0 Å². The van der Waals surface area contributed by atoms with Gasteiger partial charge in [0.05, 0.1) is 7.11 Å². The second-order valence-corrected chi connectivity index (χ2v) is 5.15. The highest BCUT2D eigenvalue weighted by molar-refractivity contribution is 5.94. The summed E-state index contributed by atoms with van der Waals surface area (Å²) in [4.78, 5) is 21.8. The van der Waals surface area contributed by atoms with Crippen LogP contribution >= 0.6 is 0 Å². The smallest absolute Gasteiger partial charge is 0.343 e. The van der Waals surface area contributed by atoms with E-state index in [-0.39, 0.29) is 5.97 Å². The molecule has 1 aromatic rings. The molecule has 6 nitrogen and oxygen atoms in total. The SMILES string of the molecule is COC(=O)c1cncnc1N1CC(NC2CCC2)C1. The van der Waals surface area contributed by atoms with Crippen LogP contribution in [0.5, 0.6) is 0 Å². The summed E-state index contributed by atoms with van der Waals surface area (Å²) in [5.41, 5.74) is 0.437. The average molecular weight is 262 g/mol. The zero-order chi connectivity index (χ0) is 13.2. The fourth-order valence-electron chi connectivity index (χ4n) is 2.49. The van der Waals surface area contributed by atoms with Crippen molar-refractivity contribution in [3.05, 3.63) is 18.1 Å². The average Bonchev–Trinajstić information content (AvgIpc) is 2.34. The van der Waals surface area contributed by atoms with Crippen LogP contribution in [-0.4, -0.2) is 48.2 Å². The summed E-state index contributed by atoms with van der Waals surface area (Å²) < 4.78 is 4.75. The molecule has 0 unspecified atom stereocenters. The van der Waals surface area contributed by atoms with E-state index >= 15 is 0 Å². The van der Waals surface area contributed by atoms with Crippen molar-refractivity contribution < 1.29 is 9.53 Å². The van der Waals surface area contributed by atoms with E-state index in [1.54, 1.807) is 0 Å². The number of nitrogens with zero attached hydrogens (tertiary/aromatic N) is 3. The van der Waals surface area contributed by atoms with Crippen molar-refractivity contribution in [2.75, 3.05) is 25.1 Å². The molecule has 0 amide bonds. The first-order chi connectivity index (χ1) is 9.28. The predicted octanol–water partition coefficient (Wildman–Crippen LogP) is 0.594. The minimum Gasteiger partial charge on any atom is -0.465 e. The Bertz CT molecular complexity index is 469. The van der Waals surface area contributed by atoms with Crippen LogP contribution in [0, 0.1) is 0 Å². The number of aromatic nitrogens is 2. The maximum atomic E-state index is 11.6. The van der Waals surface area contributed by atoms with Gasteiger partial charge in [0.25, 0.3) is 0 Å². The Kier molecular flexibility index (Phi) is 3.33. The van der Waals surface area contributed by atoms with Gasteiger partial charge < -0.3 is 15.0 Å². The first-order valence-corrected chi connectivity index (χ1v) is 6.67. The summed E-state index contributed by atoms with van der Waals surface area (Å²) in [5, 5.41) is 3.61. The molecule has 102 valence electrons. The van der Waals surface area contributed by atoms with Gasteiger partial charge in [-0.05, 0) is 12.8 Å². The van der Waals surface area contributed by atoms with E-state index in [4.69, 9.17) is 4.74 Å². The monoisotopic (exact) mass is 262 g/mol. The lowest BCUT2D eigenvalue weighted by atomic mass is 9.91. The molecule has 0 aromatic carbocycles. The summed E-state index contributed by atoms with van der Waals surface area (Å²) in [6.45, 7) is 1.77. The number of esters is 1. The van der Waals surface area contributed by atoms with Crippen molar-refractivity contribution in [1.29, 1.82) is 0 Å². The Hall–Kier alpha value is -1.69. The quantitative estimate of drug-likeness (QED) is 0.801. The van der Waals surface area contributed by atoms with E-state index in [1.165, 1.54) is 38.9 Å². The highest BCUT2D eigenvalue weighted by Gasteiger charge is 2.33. The molecule has 19 heavy (non-hydrogen) atoms.